The van der Waals surface area contributed by atoms with Gasteiger partial charge >= 0.3 is 0 Å². The van der Waals surface area contributed by atoms with Crippen LogP contribution >= 0.6 is 0 Å². The average molecular weight is 225 g/mol. The normalized spacial score (nSPS) is 21.2. The Morgan fingerprint density at radius 2 is 1.80 bits per heavy atom. The van der Waals surface area contributed by atoms with E-state index in [-0.39, 0.29) is 6.41 Å². The van der Waals surface area contributed by atoms with E-state index in [2.05, 4.69) is 0 Å². The molecule has 0 aliphatic carbocycles. The van der Waals surface area contributed by atoms with Crippen molar-refractivity contribution in [3.05, 3.63) is 0 Å². The third kappa shape index (κ3) is 3.38. The zero-order chi connectivity index (χ0) is 12.1. The summed E-state index contributed by atoms with van der Waals surface area (Å²) >= 11 is 0. The first-order valence-electron chi connectivity index (χ1n) is 4.12. The van der Waals surface area contributed by atoms with Crippen molar-refractivity contribution in [1.82, 2.24) is 5.32 Å². The van der Waals surface area contributed by atoms with Gasteiger partial charge in [-0.1, -0.05) is 0 Å². The summed E-state index contributed by atoms with van der Waals surface area (Å²) in [5.41, 5.74) is -2.47. The van der Waals surface area contributed by atoms with Gasteiger partial charge in [0, 0.05) is 0 Å². The lowest BCUT2D eigenvalue weighted by atomic mass is 9.98. The lowest BCUT2D eigenvalue weighted by Gasteiger charge is -2.34. The first kappa shape index (κ1) is 14.2. The molecule has 7 N–H and O–H groups in total. The van der Waals surface area contributed by atoms with E-state index < -0.39 is 37.3 Å². The van der Waals surface area contributed by atoms with Gasteiger partial charge in [0.1, 0.15) is 18.3 Å². The predicted molar refractivity (Wildman–Crippen MR) is 46.3 cm³/mol. The minimum absolute atomic E-state index is 0.0114. The highest BCUT2D eigenvalue weighted by molar-refractivity contribution is 5.47. The highest BCUT2D eigenvalue weighted by Crippen LogP contribution is 2.12. The maximum absolute atomic E-state index is 10.1. The number of hydrogen-bond donors (Lipinski definition) is 7. The molecular formula is C7H15NO7. The van der Waals surface area contributed by atoms with Crippen molar-refractivity contribution in [2.75, 3.05) is 13.2 Å². The van der Waals surface area contributed by atoms with Gasteiger partial charge in [-0.2, -0.15) is 0 Å². The molecule has 0 saturated heterocycles. The quantitative estimate of drug-likeness (QED) is 0.170. The summed E-state index contributed by atoms with van der Waals surface area (Å²) in [6.45, 7) is -1.91. The number of carbonyl (C=O) groups is 1. The van der Waals surface area contributed by atoms with Crippen molar-refractivity contribution in [3.8, 4) is 0 Å². The monoisotopic (exact) mass is 225 g/mol. The number of rotatable bonds is 7. The molecule has 0 aliphatic rings. The Kier molecular flexibility index (Phi) is 5.65. The molecule has 0 aromatic rings. The van der Waals surface area contributed by atoms with Crippen molar-refractivity contribution < 1.29 is 35.4 Å². The van der Waals surface area contributed by atoms with Gasteiger partial charge in [-0.05, 0) is 0 Å². The molecule has 0 fully saturated rings. The van der Waals surface area contributed by atoms with E-state index in [9.17, 15) is 20.1 Å². The molecule has 0 spiro atoms. The van der Waals surface area contributed by atoms with Crippen LogP contribution in [0, 0.1) is 0 Å². The summed E-state index contributed by atoms with van der Waals surface area (Å²) < 4.78 is 0. The number of aliphatic hydroxyl groups is 6. The van der Waals surface area contributed by atoms with Crippen molar-refractivity contribution in [3.63, 3.8) is 0 Å². The van der Waals surface area contributed by atoms with Gasteiger partial charge in [0.05, 0.1) is 13.2 Å². The highest BCUT2D eigenvalue weighted by atomic mass is 16.4. The Hall–Kier alpha value is -0.770. The summed E-state index contributed by atoms with van der Waals surface area (Å²) in [5.74, 6) is 0. The second-order valence-electron chi connectivity index (χ2n) is 3.03. The molecule has 90 valence electrons. The molecule has 1 amide bonds. The SMILES string of the molecule is O=CN[C@](O)(CO)[C@@H](O)[C@H](O)[C@H](O)CO. The minimum Gasteiger partial charge on any atom is -0.394 e. The lowest BCUT2D eigenvalue weighted by molar-refractivity contribution is -0.185. The summed E-state index contributed by atoms with van der Waals surface area (Å²) in [5, 5.41) is 55.7. The topological polar surface area (TPSA) is 150 Å². The van der Waals surface area contributed by atoms with E-state index in [4.69, 9.17) is 15.3 Å². The Labute approximate surface area is 85.4 Å². The van der Waals surface area contributed by atoms with Crippen LogP contribution in [0.4, 0.5) is 0 Å². The zero-order valence-electron chi connectivity index (χ0n) is 7.82. The second kappa shape index (κ2) is 5.95. The van der Waals surface area contributed by atoms with Crippen molar-refractivity contribution in [2.45, 2.75) is 24.0 Å². The van der Waals surface area contributed by atoms with Gasteiger partial charge < -0.3 is 36.0 Å². The number of amides is 1. The molecule has 0 saturated carbocycles. The average Bonchev–Trinajstić information content (AvgIpc) is 2.26. The van der Waals surface area contributed by atoms with Gasteiger partial charge in [0.2, 0.25) is 6.41 Å². The summed E-state index contributed by atoms with van der Waals surface area (Å²) in [6.07, 6.45) is -5.65. The molecule has 15 heavy (non-hydrogen) atoms. The van der Waals surface area contributed by atoms with Crippen LogP contribution in [0.1, 0.15) is 0 Å². The Bertz CT molecular complexity index is 202. The summed E-state index contributed by atoms with van der Waals surface area (Å²) in [6, 6.07) is 0. The molecule has 0 aromatic carbocycles. The minimum atomic E-state index is -2.47. The van der Waals surface area contributed by atoms with E-state index in [1.54, 1.807) is 5.32 Å². The largest absolute Gasteiger partial charge is 0.394 e. The van der Waals surface area contributed by atoms with Crippen LogP contribution in [0.3, 0.4) is 0 Å². The predicted octanol–water partition coefficient (Wildman–Crippen LogP) is -4.51. The van der Waals surface area contributed by atoms with Gasteiger partial charge in [-0.25, -0.2) is 0 Å². The maximum atomic E-state index is 10.1. The molecule has 0 bridgehead atoms. The molecule has 4 atom stereocenters. The van der Waals surface area contributed by atoms with E-state index >= 15 is 0 Å². The summed E-state index contributed by atoms with van der Waals surface area (Å²) in [4.78, 5) is 10.1. The van der Waals surface area contributed by atoms with Crippen LogP contribution in [0.25, 0.3) is 0 Å². The fraction of sp³-hybridized carbons (Fsp3) is 0.857. The smallest absolute Gasteiger partial charge is 0.209 e. The zero-order valence-corrected chi connectivity index (χ0v) is 7.82. The second-order valence-corrected chi connectivity index (χ2v) is 3.03. The van der Waals surface area contributed by atoms with Crippen LogP contribution in [0.2, 0.25) is 0 Å². The van der Waals surface area contributed by atoms with Crippen LogP contribution in [0.15, 0.2) is 0 Å². The summed E-state index contributed by atoms with van der Waals surface area (Å²) in [7, 11) is 0. The van der Waals surface area contributed by atoms with Crippen LogP contribution in [0.5, 0.6) is 0 Å². The van der Waals surface area contributed by atoms with Crippen LogP contribution in [-0.4, -0.2) is 74.3 Å². The first-order valence-corrected chi connectivity index (χ1v) is 4.12. The Balaban J connectivity index is 4.62. The fourth-order valence-corrected chi connectivity index (χ4v) is 0.928. The standard InChI is InChI=1S/C7H15NO7/c9-1-4(12)5(13)6(14)7(15,2-10)8-3-11/h3-6,9-10,12-15H,1-2H2,(H,8,11)/t4-,5-,6+,7+/m1/s1. The maximum Gasteiger partial charge on any atom is 0.209 e. The van der Waals surface area contributed by atoms with Crippen molar-refractivity contribution in [2.24, 2.45) is 0 Å². The van der Waals surface area contributed by atoms with E-state index in [0.717, 1.165) is 0 Å². The number of aliphatic hydroxyl groups excluding tert-OH is 5. The molecule has 0 aliphatic heterocycles. The van der Waals surface area contributed by atoms with Gasteiger partial charge in [0.15, 0.2) is 5.72 Å². The van der Waals surface area contributed by atoms with Crippen LogP contribution in [-0.2, 0) is 4.79 Å². The fourth-order valence-electron chi connectivity index (χ4n) is 0.928. The Morgan fingerprint density at radius 1 is 1.27 bits per heavy atom. The van der Waals surface area contributed by atoms with E-state index in [1.807, 2.05) is 0 Å². The van der Waals surface area contributed by atoms with Crippen LogP contribution < -0.4 is 5.32 Å². The first-order chi connectivity index (χ1) is 6.92. The Morgan fingerprint density at radius 3 is 2.13 bits per heavy atom. The molecule has 0 rings (SSSR count). The van der Waals surface area contributed by atoms with E-state index in [1.165, 1.54) is 0 Å². The van der Waals surface area contributed by atoms with Gasteiger partial charge in [-0.3, -0.25) is 4.79 Å². The molecule has 0 unspecified atom stereocenters. The number of carbonyl (C=O) groups excluding carboxylic acids is 1. The third-order valence-electron chi connectivity index (χ3n) is 1.94. The van der Waals surface area contributed by atoms with E-state index in [0.29, 0.717) is 0 Å². The molecule has 8 nitrogen and oxygen atoms in total. The van der Waals surface area contributed by atoms with Crippen molar-refractivity contribution in [1.29, 1.82) is 0 Å². The molecule has 0 aromatic heterocycles. The number of nitrogens with one attached hydrogen (secondary N) is 1. The van der Waals surface area contributed by atoms with Crippen molar-refractivity contribution >= 4 is 6.41 Å². The number of hydrogen-bond acceptors (Lipinski definition) is 7. The highest BCUT2D eigenvalue weighted by Gasteiger charge is 2.41. The molecule has 0 heterocycles. The van der Waals surface area contributed by atoms with Gasteiger partial charge in [0.25, 0.3) is 0 Å². The lowest BCUT2D eigenvalue weighted by Crippen LogP contribution is -2.63. The van der Waals surface area contributed by atoms with Gasteiger partial charge in [-0.15, -0.1) is 0 Å². The molecular weight excluding hydrogens is 210 g/mol. The molecule has 8 heteroatoms. The molecule has 0 radical (unpaired) electrons. The third-order valence-corrected chi connectivity index (χ3v) is 1.94.